The van der Waals surface area contributed by atoms with Gasteiger partial charge in [-0.2, -0.15) is 5.26 Å². The molecule has 0 amide bonds. The van der Waals surface area contributed by atoms with Gasteiger partial charge in [-0.05, 0) is 13.3 Å². The highest BCUT2D eigenvalue weighted by Crippen LogP contribution is 2.23. The number of nitriles is 1. The monoisotopic (exact) mass is 191 g/mol. The van der Waals surface area contributed by atoms with E-state index in [1.165, 1.54) is 13.2 Å². The summed E-state index contributed by atoms with van der Waals surface area (Å²) in [6.07, 6.45) is 9.10. The summed E-state index contributed by atoms with van der Waals surface area (Å²) in [5.74, 6) is 2.11. The van der Waals surface area contributed by atoms with Crippen LogP contribution in [0.25, 0.3) is 0 Å². The van der Waals surface area contributed by atoms with Gasteiger partial charge in [0.1, 0.15) is 0 Å². The lowest BCUT2D eigenvalue weighted by atomic mass is 9.86. The van der Waals surface area contributed by atoms with Crippen LogP contribution in [0.3, 0.4) is 0 Å². The predicted molar refractivity (Wildman–Crippen MR) is 52.9 cm³/mol. The zero-order chi connectivity index (χ0) is 11.0. The van der Waals surface area contributed by atoms with Crippen LogP contribution in [0.2, 0.25) is 0 Å². The van der Waals surface area contributed by atoms with Crippen molar-refractivity contribution in [3.8, 4) is 18.4 Å². The summed E-state index contributed by atoms with van der Waals surface area (Å²) in [6.45, 7) is 1.80. The summed E-state index contributed by atoms with van der Waals surface area (Å²) in [5.41, 5.74) is -0.552. The smallest absolute Gasteiger partial charge is 0.330 e. The Labute approximate surface area is 84.4 Å². The van der Waals surface area contributed by atoms with E-state index in [-0.39, 0.29) is 0 Å². The molecule has 0 aliphatic heterocycles. The number of terminal acetylenes is 1. The van der Waals surface area contributed by atoms with Crippen molar-refractivity contribution in [1.82, 2.24) is 0 Å². The van der Waals surface area contributed by atoms with E-state index in [2.05, 4.69) is 10.7 Å². The average Bonchev–Trinajstić information content (AvgIpc) is 2.23. The van der Waals surface area contributed by atoms with Crippen LogP contribution in [0, 0.1) is 29.1 Å². The molecule has 0 radical (unpaired) electrons. The molecule has 74 valence electrons. The van der Waals surface area contributed by atoms with Gasteiger partial charge in [0, 0.05) is 17.9 Å². The first kappa shape index (κ1) is 12.3. The second-order valence-electron chi connectivity index (χ2n) is 3.08. The molecular weight excluding hydrogens is 178 g/mol. The van der Waals surface area contributed by atoms with E-state index in [0.29, 0.717) is 12.8 Å². The third-order valence-corrected chi connectivity index (χ3v) is 1.87. The van der Waals surface area contributed by atoms with Gasteiger partial charge in [0.25, 0.3) is 0 Å². The number of carbonyl (C=O) groups is 1. The first-order chi connectivity index (χ1) is 6.58. The van der Waals surface area contributed by atoms with Gasteiger partial charge < -0.3 is 4.74 Å². The lowest BCUT2D eigenvalue weighted by Crippen LogP contribution is -2.10. The Morgan fingerprint density at radius 3 is 2.79 bits per heavy atom. The maximum absolute atomic E-state index is 10.8. The molecule has 0 N–H and O–H groups in total. The second-order valence-corrected chi connectivity index (χ2v) is 3.08. The molecule has 0 aromatic heterocycles. The maximum Gasteiger partial charge on any atom is 0.330 e. The summed E-state index contributed by atoms with van der Waals surface area (Å²) >= 11 is 0. The van der Waals surface area contributed by atoms with Gasteiger partial charge in [0.05, 0.1) is 13.2 Å². The highest BCUT2D eigenvalue weighted by molar-refractivity contribution is 5.81. The van der Waals surface area contributed by atoms with Crippen LogP contribution in [0.5, 0.6) is 0 Å². The second kappa shape index (κ2) is 5.83. The number of ether oxygens (including phenoxy) is 1. The van der Waals surface area contributed by atoms with Crippen molar-refractivity contribution in [3.05, 3.63) is 12.2 Å². The number of hydrogen-bond acceptors (Lipinski definition) is 3. The van der Waals surface area contributed by atoms with Gasteiger partial charge >= 0.3 is 5.97 Å². The number of nitrogens with zero attached hydrogens (tertiary/aromatic N) is 1. The largest absolute Gasteiger partial charge is 0.466 e. The van der Waals surface area contributed by atoms with Crippen molar-refractivity contribution in [1.29, 1.82) is 5.26 Å². The minimum atomic E-state index is -0.552. The third-order valence-electron chi connectivity index (χ3n) is 1.87. The summed E-state index contributed by atoms with van der Waals surface area (Å²) < 4.78 is 4.44. The van der Waals surface area contributed by atoms with Gasteiger partial charge in [-0.25, -0.2) is 4.79 Å². The molecule has 0 saturated carbocycles. The van der Waals surface area contributed by atoms with Crippen molar-refractivity contribution in [2.45, 2.75) is 19.8 Å². The van der Waals surface area contributed by atoms with E-state index in [1.807, 2.05) is 6.07 Å². The number of hydrogen-bond donors (Lipinski definition) is 0. The Morgan fingerprint density at radius 2 is 2.36 bits per heavy atom. The standard InChI is InChI=1S/C11H13NO2/c1-4-11(2,7-5-9-12)8-6-10(13)14-3/h1,6,8H,5,7H2,2-3H3/b8-6+. The topological polar surface area (TPSA) is 50.1 Å². The summed E-state index contributed by atoms with van der Waals surface area (Å²) in [5, 5.41) is 8.41. The van der Waals surface area contributed by atoms with Crippen LogP contribution in [0.4, 0.5) is 0 Å². The Morgan fingerprint density at radius 1 is 1.71 bits per heavy atom. The Hall–Kier alpha value is -1.74. The number of rotatable bonds is 4. The minimum absolute atomic E-state index is 0.367. The molecule has 0 saturated heterocycles. The van der Waals surface area contributed by atoms with Gasteiger partial charge in [-0.1, -0.05) is 12.0 Å². The van der Waals surface area contributed by atoms with Crippen LogP contribution >= 0.6 is 0 Å². The van der Waals surface area contributed by atoms with Crippen LogP contribution in [0.15, 0.2) is 12.2 Å². The van der Waals surface area contributed by atoms with Crippen LogP contribution in [-0.4, -0.2) is 13.1 Å². The van der Waals surface area contributed by atoms with Gasteiger partial charge in [0.15, 0.2) is 0 Å². The molecule has 3 nitrogen and oxygen atoms in total. The van der Waals surface area contributed by atoms with E-state index in [4.69, 9.17) is 11.7 Å². The molecule has 0 aliphatic rings. The Bertz CT molecular complexity index is 306. The lowest BCUT2D eigenvalue weighted by molar-refractivity contribution is -0.134. The van der Waals surface area contributed by atoms with Crippen molar-refractivity contribution in [3.63, 3.8) is 0 Å². The molecule has 0 bridgehead atoms. The molecule has 0 heterocycles. The van der Waals surface area contributed by atoms with E-state index < -0.39 is 11.4 Å². The van der Waals surface area contributed by atoms with Crippen LogP contribution in [-0.2, 0) is 9.53 Å². The summed E-state index contributed by atoms with van der Waals surface area (Å²) in [7, 11) is 1.30. The molecule has 0 aromatic carbocycles. The van der Waals surface area contributed by atoms with E-state index in [0.717, 1.165) is 0 Å². The first-order valence-corrected chi connectivity index (χ1v) is 4.20. The maximum atomic E-state index is 10.8. The average molecular weight is 191 g/mol. The third kappa shape index (κ3) is 4.33. The van der Waals surface area contributed by atoms with Crippen LogP contribution in [0.1, 0.15) is 19.8 Å². The van der Waals surface area contributed by atoms with Crippen molar-refractivity contribution in [2.24, 2.45) is 5.41 Å². The highest BCUT2D eigenvalue weighted by Gasteiger charge is 2.17. The normalized spacial score (nSPS) is 14.0. The van der Waals surface area contributed by atoms with Crippen molar-refractivity contribution < 1.29 is 9.53 Å². The molecule has 0 rings (SSSR count). The SMILES string of the molecule is C#CC(C)(/C=C/C(=O)OC)CCC#N. The molecular formula is C11H13NO2. The Kier molecular flexibility index (Phi) is 5.10. The zero-order valence-electron chi connectivity index (χ0n) is 8.41. The zero-order valence-corrected chi connectivity index (χ0v) is 8.41. The fourth-order valence-corrected chi connectivity index (χ4v) is 0.839. The van der Waals surface area contributed by atoms with Gasteiger partial charge in [-0.15, -0.1) is 6.42 Å². The van der Waals surface area contributed by atoms with E-state index >= 15 is 0 Å². The number of methoxy groups -OCH3 is 1. The summed E-state index contributed by atoms with van der Waals surface area (Å²) in [6, 6.07) is 2.01. The van der Waals surface area contributed by atoms with Crippen molar-refractivity contribution in [2.75, 3.05) is 7.11 Å². The molecule has 0 spiro atoms. The number of esters is 1. The number of carbonyl (C=O) groups excluding carboxylic acids is 1. The molecule has 0 aromatic rings. The van der Waals surface area contributed by atoms with E-state index in [1.54, 1.807) is 13.0 Å². The van der Waals surface area contributed by atoms with E-state index in [9.17, 15) is 4.79 Å². The molecule has 1 unspecified atom stereocenters. The first-order valence-electron chi connectivity index (χ1n) is 4.20. The fourth-order valence-electron chi connectivity index (χ4n) is 0.839. The Balaban J connectivity index is 4.42. The molecule has 1 atom stereocenters. The molecule has 3 heteroatoms. The molecule has 14 heavy (non-hydrogen) atoms. The fraction of sp³-hybridized carbons (Fsp3) is 0.455. The molecule has 0 aliphatic carbocycles. The minimum Gasteiger partial charge on any atom is -0.466 e. The highest BCUT2D eigenvalue weighted by atomic mass is 16.5. The summed E-state index contributed by atoms with van der Waals surface area (Å²) in [4.78, 5) is 10.8. The van der Waals surface area contributed by atoms with Gasteiger partial charge in [-0.3, -0.25) is 0 Å². The number of allylic oxidation sites excluding steroid dienone is 1. The molecule has 0 fully saturated rings. The van der Waals surface area contributed by atoms with Crippen LogP contribution < -0.4 is 0 Å². The lowest BCUT2D eigenvalue weighted by Gasteiger charge is -2.16. The van der Waals surface area contributed by atoms with Gasteiger partial charge in [0.2, 0.25) is 0 Å². The quantitative estimate of drug-likeness (QED) is 0.386. The van der Waals surface area contributed by atoms with Crippen molar-refractivity contribution >= 4 is 5.97 Å². The predicted octanol–water partition coefficient (Wildman–Crippen LogP) is 1.66.